The summed E-state index contributed by atoms with van der Waals surface area (Å²) >= 11 is 2.31. The Balaban J connectivity index is 1.63. The molecule has 1 aliphatic rings. The van der Waals surface area contributed by atoms with Crippen LogP contribution in [0.25, 0.3) is 6.08 Å². The minimum absolute atomic E-state index is 0.216. The fraction of sp³-hybridized carbons (Fsp3) is 0.143. The molecule has 0 unspecified atom stereocenters. The second kappa shape index (κ2) is 10.2. The van der Waals surface area contributed by atoms with Gasteiger partial charge in [0.2, 0.25) is 5.91 Å². The molecule has 0 bridgehead atoms. The molecule has 2 aromatic rings. The van der Waals surface area contributed by atoms with E-state index in [2.05, 4.69) is 5.32 Å². The van der Waals surface area contributed by atoms with Crippen LogP contribution in [0.3, 0.4) is 0 Å². The molecule has 31 heavy (non-hydrogen) atoms. The molecule has 3 rings (SSSR count). The Labute approximate surface area is 187 Å². The van der Waals surface area contributed by atoms with E-state index in [-0.39, 0.29) is 18.1 Å². The van der Waals surface area contributed by atoms with Gasteiger partial charge in [-0.15, -0.1) is 11.8 Å². The van der Waals surface area contributed by atoms with Crippen molar-refractivity contribution in [1.82, 2.24) is 4.90 Å². The van der Waals surface area contributed by atoms with Crippen molar-refractivity contribution in [3.05, 3.63) is 59.0 Å². The molecule has 3 N–H and O–H groups in total. The predicted octanol–water partition coefficient (Wildman–Crippen LogP) is 2.95. The van der Waals surface area contributed by atoms with E-state index in [0.29, 0.717) is 17.0 Å². The van der Waals surface area contributed by atoms with Gasteiger partial charge in [0.25, 0.3) is 17.1 Å². The van der Waals surface area contributed by atoms with E-state index in [4.69, 9.17) is 10.5 Å². The molecular formula is C21H19N3O5S2. The van der Waals surface area contributed by atoms with E-state index in [1.165, 1.54) is 0 Å². The van der Waals surface area contributed by atoms with Crippen molar-refractivity contribution in [3.8, 4) is 5.75 Å². The monoisotopic (exact) mass is 457 g/mol. The minimum Gasteiger partial charge on any atom is -0.484 e. The number of rotatable bonds is 8. The SMILES string of the molecule is CSc1cccc(NC(=O)CN2C(=O)S/C(=C\c3ccc(OCC(N)=O)cc3)C2=O)c1. The van der Waals surface area contributed by atoms with E-state index in [0.717, 1.165) is 21.6 Å². The number of nitrogens with one attached hydrogen (secondary N) is 1. The largest absolute Gasteiger partial charge is 0.484 e. The number of carbonyl (C=O) groups excluding carboxylic acids is 4. The summed E-state index contributed by atoms with van der Waals surface area (Å²) in [4.78, 5) is 50.1. The van der Waals surface area contributed by atoms with E-state index in [1.54, 1.807) is 48.2 Å². The van der Waals surface area contributed by atoms with Crippen molar-refractivity contribution in [1.29, 1.82) is 0 Å². The molecule has 0 aromatic heterocycles. The molecule has 10 heteroatoms. The third-order valence-electron chi connectivity index (χ3n) is 4.09. The van der Waals surface area contributed by atoms with E-state index >= 15 is 0 Å². The summed E-state index contributed by atoms with van der Waals surface area (Å²) in [5.41, 5.74) is 6.29. The Bertz CT molecular complexity index is 1050. The van der Waals surface area contributed by atoms with Gasteiger partial charge >= 0.3 is 0 Å². The van der Waals surface area contributed by atoms with Crippen LogP contribution in [0, 0.1) is 0 Å². The number of hydrogen-bond donors (Lipinski definition) is 2. The zero-order chi connectivity index (χ0) is 22.4. The third kappa shape index (κ3) is 6.12. The summed E-state index contributed by atoms with van der Waals surface area (Å²) in [5, 5.41) is 2.19. The Kier molecular flexibility index (Phi) is 7.37. The molecule has 1 saturated heterocycles. The van der Waals surface area contributed by atoms with Crippen molar-refractivity contribution in [2.45, 2.75) is 4.90 Å². The summed E-state index contributed by atoms with van der Waals surface area (Å²) in [6.45, 7) is -0.604. The van der Waals surface area contributed by atoms with Crippen LogP contribution in [0.15, 0.2) is 58.3 Å². The smallest absolute Gasteiger partial charge is 0.294 e. The van der Waals surface area contributed by atoms with E-state index in [1.807, 2.05) is 24.5 Å². The molecule has 8 nitrogen and oxygen atoms in total. The second-order valence-corrected chi connectivity index (χ2v) is 8.24. The molecule has 0 aliphatic carbocycles. The normalized spacial score (nSPS) is 14.7. The van der Waals surface area contributed by atoms with Gasteiger partial charge in [0.1, 0.15) is 12.3 Å². The number of nitrogens with zero attached hydrogens (tertiary/aromatic N) is 1. The summed E-state index contributed by atoms with van der Waals surface area (Å²) in [7, 11) is 0. The number of amides is 4. The molecule has 0 saturated carbocycles. The van der Waals surface area contributed by atoms with Crippen molar-refractivity contribution >= 4 is 58.2 Å². The van der Waals surface area contributed by atoms with Gasteiger partial charge in [0.05, 0.1) is 4.91 Å². The van der Waals surface area contributed by atoms with Gasteiger partial charge in [-0.25, -0.2) is 0 Å². The van der Waals surface area contributed by atoms with E-state index in [9.17, 15) is 19.2 Å². The first-order valence-electron chi connectivity index (χ1n) is 9.06. The summed E-state index contributed by atoms with van der Waals surface area (Å²) in [5.74, 6) is -1.13. The lowest BCUT2D eigenvalue weighted by molar-refractivity contribution is -0.127. The molecule has 1 fully saturated rings. The molecular weight excluding hydrogens is 438 g/mol. The first-order valence-corrected chi connectivity index (χ1v) is 11.1. The zero-order valence-corrected chi connectivity index (χ0v) is 18.1. The van der Waals surface area contributed by atoms with Crippen molar-refractivity contribution in [2.24, 2.45) is 5.73 Å². The maximum atomic E-state index is 12.6. The average Bonchev–Trinajstić information content (AvgIpc) is 3.00. The second-order valence-electron chi connectivity index (χ2n) is 6.37. The zero-order valence-electron chi connectivity index (χ0n) is 16.5. The highest BCUT2D eigenvalue weighted by Gasteiger charge is 2.36. The van der Waals surface area contributed by atoms with Gasteiger partial charge in [-0.05, 0) is 60.0 Å². The van der Waals surface area contributed by atoms with Crippen LogP contribution < -0.4 is 15.8 Å². The third-order valence-corrected chi connectivity index (χ3v) is 5.72. The molecule has 0 radical (unpaired) electrons. The maximum Gasteiger partial charge on any atom is 0.294 e. The molecule has 1 heterocycles. The number of carbonyl (C=O) groups is 4. The lowest BCUT2D eigenvalue weighted by Gasteiger charge is -2.12. The highest BCUT2D eigenvalue weighted by atomic mass is 32.2. The highest BCUT2D eigenvalue weighted by Crippen LogP contribution is 2.32. The Morgan fingerprint density at radius 1 is 1.19 bits per heavy atom. The Morgan fingerprint density at radius 3 is 2.61 bits per heavy atom. The molecule has 1 aliphatic heterocycles. The van der Waals surface area contributed by atoms with Gasteiger partial charge in [-0.3, -0.25) is 24.1 Å². The molecule has 4 amide bonds. The molecule has 0 atom stereocenters. The van der Waals surface area contributed by atoms with E-state index < -0.39 is 23.0 Å². The van der Waals surface area contributed by atoms with Crippen molar-refractivity contribution in [3.63, 3.8) is 0 Å². The Hall–Kier alpha value is -3.24. The number of benzene rings is 2. The predicted molar refractivity (Wildman–Crippen MR) is 121 cm³/mol. The van der Waals surface area contributed by atoms with Crippen LogP contribution in [0.1, 0.15) is 5.56 Å². The van der Waals surface area contributed by atoms with Crippen LogP contribution >= 0.6 is 23.5 Å². The van der Waals surface area contributed by atoms with Crippen LogP contribution in [0.4, 0.5) is 10.5 Å². The average molecular weight is 458 g/mol. The number of imide groups is 1. The Morgan fingerprint density at radius 2 is 1.94 bits per heavy atom. The fourth-order valence-electron chi connectivity index (χ4n) is 2.65. The van der Waals surface area contributed by atoms with Gasteiger partial charge in [0.15, 0.2) is 6.61 Å². The molecule has 2 aromatic carbocycles. The van der Waals surface area contributed by atoms with Gasteiger partial charge in [-0.1, -0.05) is 18.2 Å². The fourth-order valence-corrected chi connectivity index (χ4v) is 3.95. The van der Waals surface area contributed by atoms with Crippen molar-refractivity contribution < 1.29 is 23.9 Å². The summed E-state index contributed by atoms with van der Waals surface area (Å²) in [6.07, 6.45) is 3.48. The lowest BCUT2D eigenvalue weighted by atomic mass is 10.2. The quantitative estimate of drug-likeness (QED) is 0.462. The number of nitrogens with two attached hydrogens (primary N) is 1. The van der Waals surface area contributed by atoms with Gasteiger partial charge < -0.3 is 15.8 Å². The summed E-state index contributed by atoms with van der Waals surface area (Å²) in [6, 6.07) is 13.9. The van der Waals surface area contributed by atoms with Crippen LogP contribution in [0.5, 0.6) is 5.75 Å². The standard InChI is InChI=1S/C21H19N3O5S2/c1-30-16-4-2-3-14(10-16)23-19(26)11-24-20(27)17(31-21(24)28)9-13-5-7-15(8-6-13)29-12-18(22)25/h2-10H,11-12H2,1H3,(H2,22,25)(H,23,26)/b17-9-. The molecule has 160 valence electrons. The number of thioether (sulfide) groups is 2. The topological polar surface area (TPSA) is 119 Å². The minimum atomic E-state index is -0.584. The first kappa shape index (κ1) is 22.4. The number of primary amides is 1. The lowest BCUT2D eigenvalue weighted by Crippen LogP contribution is -2.36. The summed E-state index contributed by atoms with van der Waals surface area (Å²) < 4.78 is 5.18. The number of ether oxygens (including phenoxy) is 1. The highest BCUT2D eigenvalue weighted by molar-refractivity contribution is 8.18. The number of hydrogen-bond acceptors (Lipinski definition) is 7. The van der Waals surface area contributed by atoms with Crippen LogP contribution in [-0.4, -0.2) is 47.3 Å². The maximum absolute atomic E-state index is 12.6. The van der Waals surface area contributed by atoms with Crippen molar-refractivity contribution in [2.75, 3.05) is 24.7 Å². The van der Waals surface area contributed by atoms with Crippen LogP contribution in [-0.2, 0) is 14.4 Å². The van der Waals surface area contributed by atoms with Gasteiger partial charge in [-0.2, -0.15) is 0 Å². The van der Waals surface area contributed by atoms with Crippen LogP contribution in [0.2, 0.25) is 0 Å². The first-order chi connectivity index (χ1) is 14.9. The van der Waals surface area contributed by atoms with Gasteiger partial charge in [0, 0.05) is 10.6 Å². The molecule has 0 spiro atoms. The number of anilines is 1.